The van der Waals surface area contributed by atoms with Crippen LogP contribution < -0.4 is 5.32 Å². The maximum absolute atomic E-state index is 12.3. The summed E-state index contributed by atoms with van der Waals surface area (Å²) in [5.74, 6) is 1.97. The fourth-order valence-corrected chi connectivity index (χ4v) is 3.86. The number of nitrogens with one attached hydrogen (secondary N) is 1. The maximum atomic E-state index is 12.3. The summed E-state index contributed by atoms with van der Waals surface area (Å²) in [6.45, 7) is 0.607. The molecule has 0 aliphatic heterocycles. The zero-order valence-electron chi connectivity index (χ0n) is 15.1. The van der Waals surface area contributed by atoms with Crippen molar-refractivity contribution in [3.63, 3.8) is 0 Å². The average Bonchev–Trinajstić information content (AvgIpc) is 3.42. The average molecular weight is 387 g/mol. The molecule has 0 radical (unpaired) electrons. The van der Waals surface area contributed by atoms with Crippen molar-refractivity contribution in [1.82, 2.24) is 25.5 Å². The second-order valence-corrected chi connectivity index (χ2v) is 7.65. The molecule has 142 valence electrons. The Kier molecular flexibility index (Phi) is 5.19. The van der Waals surface area contributed by atoms with Crippen LogP contribution in [-0.4, -0.2) is 33.3 Å². The molecule has 1 aliphatic carbocycles. The first-order valence-electron chi connectivity index (χ1n) is 8.98. The van der Waals surface area contributed by atoms with Gasteiger partial charge in [-0.05, 0) is 30.7 Å². The molecule has 0 unspecified atom stereocenters. The van der Waals surface area contributed by atoms with Crippen LogP contribution in [0.15, 0.2) is 26.6 Å². The maximum Gasteiger partial charge on any atom is 0.317 e. The van der Waals surface area contributed by atoms with Gasteiger partial charge in [-0.1, -0.05) is 16.4 Å². The summed E-state index contributed by atoms with van der Waals surface area (Å²) in [7, 11) is 1.73. The molecule has 0 atom stereocenters. The van der Waals surface area contributed by atoms with Gasteiger partial charge in [0.2, 0.25) is 5.89 Å². The topological polar surface area (TPSA) is 97.3 Å². The van der Waals surface area contributed by atoms with E-state index in [-0.39, 0.29) is 12.6 Å². The Morgan fingerprint density at radius 2 is 2.19 bits per heavy atom. The monoisotopic (exact) mass is 387 g/mol. The van der Waals surface area contributed by atoms with E-state index in [1.54, 1.807) is 23.3 Å². The summed E-state index contributed by atoms with van der Waals surface area (Å²) < 4.78 is 10.6. The van der Waals surface area contributed by atoms with Gasteiger partial charge >= 0.3 is 6.03 Å². The van der Waals surface area contributed by atoms with Crippen LogP contribution in [0.3, 0.4) is 0 Å². The minimum atomic E-state index is -0.222. The van der Waals surface area contributed by atoms with Gasteiger partial charge in [0.1, 0.15) is 11.5 Å². The van der Waals surface area contributed by atoms with Crippen molar-refractivity contribution in [2.24, 2.45) is 0 Å². The molecule has 0 aromatic carbocycles. The SMILES string of the molecule is CN(Cc1noc2c1CCCC2)C(=O)NCc1nc(Cc2cccs2)no1. The zero-order valence-corrected chi connectivity index (χ0v) is 15.9. The van der Waals surface area contributed by atoms with Crippen molar-refractivity contribution in [1.29, 1.82) is 0 Å². The number of fused-ring (bicyclic) bond motifs is 1. The number of hydrogen-bond acceptors (Lipinski definition) is 7. The van der Waals surface area contributed by atoms with E-state index in [2.05, 4.69) is 20.6 Å². The number of thiophene rings is 1. The summed E-state index contributed by atoms with van der Waals surface area (Å²) in [6.07, 6.45) is 4.81. The summed E-state index contributed by atoms with van der Waals surface area (Å²) in [4.78, 5) is 19.4. The third-order valence-electron chi connectivity index (χ3n) is 4.58. The van der Waals surface area contributed by atoms with Gasteiger partial charge in [0, 0.05) is 30.3 Å². The molecule has 3 aromatic rings. The third kappa shape index (κ3) is 4.19. The fraction of sp³-hybridized carbons (Fsp3) is 0.444. The fourth-order valence-electron chi connectivity index (χ4n) is 3.16. The van der Waals surface area contributed by atoms with Gasteiger partial charge in [-0.15, -0.1) is 11.3 Å². The number of rotatable bonds is 6. The first-order chi connectivity index (χ1) is 13.2. The van der Waals surface area contributed by atoms with Crippen molar-refractivity contribution in [2.45, 2.75) is 45.2 Å². The van der Waals surface area contributed by atoms with Gasteiger partial charge in [0.25, 0.3) is 0 Å². The lowest BCUT2D eigenvalue weighted by molar-refractivity contribution is 0.203. The van der Waals surface area contributed by atoms with E-state index in [0.717, 1.165) is 42.7 Å². The van der Waals surface area contributed by atoms with Crippen LogP contribution in [0, 0.1) is 0 Å². The van der Waals surface area contributed by atoms with E-state index in [1.807, 2.05) is 17.5 Å². The number of hydrogen-bond donors (Lipinski definition) is 1. The van der Waals surface area contributed by atoms with E-state index in [0.29, 0.717) is 24.7 Å². The summed E-state index contributed by atoms with van der Waals surface area (Å²) in [6, 6.07) is 3.80. The van der Waals surface area contributed by atoms with Crippen LogP contribution >= 0.6 is 11.3 Å². The Labute approximate surface area is 160 Å². The molecule has 27 heavy (non-hydrogen) atoms. The van der Waals surface area contributed by atoms with Crippen LogP contribution in [0.2, 0.25) is 0 Å². The van der Waals surface area contributed by atoms with Crippen molar-refractivity contribution in [3.05, 3.63) is 51.1 Å². The predicted molar refractivity (Wildman–Crippen MR) is 98.3 cm³/mol. The Balaban J connectivity index is 1.29. The van der Waals surface area contributed by atoms with Crippen molar-refractivity contribution >= 4 is 17.4 Å². The normalized spacial score (nSPS) is 13.4. The van der Waals surface area contributed by atoms with Gasteiger partial charge in [0.15, 0.2) is 5.82 Å². The van der Waals surface area contributed by atoms with E-state index in [9.17, 15) is 4.79 Å². The standard InChI is InChI=1S/C18H21N5O3S/c1-23(11-14-13-6-2-3-7-15(13)25-21-14)18(24)19-10-17-20-16(22-26-17)9-12-5-4-8-27-12/h4-5,8H,2-3,6-7,9-11H2,1H3,(H,19,24). The molecule has 3 aromatic heterocycles. The Bertz CT molecular complexity index is 902. The van der Waals surface area contributed by atoms with Crippen LogP contribution in [0.4, 0.5) is 4.79 Å². The molecule has 0 bridgehead atoms. The molecule has 3 heterocycles. The second kappa shape index (κ2) is 7.91. The van der Waals surface area contributed by atoms with Crippen LogP contribution in [0.5, 0.6) is 0 Å². The first-order valence-corrected chi connectivity index (χ1v) is 9.86. The molecule has 0 saturated heterocycles. The minimum Gasteiger partial charge on any atom is -0.361 e. The molecule has 1 N–H and O–H groups in total. The molecular weight excluding hydrogens is 366 g/mol. The quantitative estimate of drug-likeness (QED) is 0.698. The lowest BCUT2D eigenvalue weighted by Crippen LogP contribution is -2.36. The number of aryl methyl sites for hydroxylation is 1. The summed E-state index contributed by atoms with van der Waals surface area (Å²) >= 11 is 1.65. The molecule has 8 nitrogen and oxygen atoms in total. The number of urea groups is 1. The van der Waals surface area contributed by atoms with Gasteiger partial charge in [-0.3, -0.25) is 0 Å². The van der Waals surface area contributed by atoms with Gasteiger partial charge < -0.3 is 19.3 Å². The van der Waals surface area contributed by atoms with Crippen molar-refractivity contribution in [3.8, 4) is 0 Å². The Hall–Kier alpha value is -2.68. The van der Waals surface area contributed by atoms with E-state index in [1.165, 1.54) is 4.88 Å². The molecule has 0 fully saturated rings. The lowest BCUT2D eigenvalue weighted by Gasteiger charge is -2.17. The second-order valence-electron chi connectivity index (χ2n) is 6.61. The molecular formula is C18H21N5O3S. The third-order valence-corrected chi connectivity index (χ3v) is 5.46. The minimum absolute atomic E-state index is 0.192. The van der Waals surface area contributed by atoms with Gasteiger partial charge in [-0.25, -0.2) is 4.79 Å². The van der Waals surface area contributed by atoms with Crippen LogP contribution in [-0.2, 0) is 32.4 Å². The molecule has 9 heteroatoms. The zero-order chi connectivity index (χ0) is 18.6. The van der Waals surface area contributed by atoms with Crippen LogP contribution in [0.1, 0.15) is 46.5 Å². The highest BCUT2D eigenvalue weighted by Crippen LogP contribution is 2.24. The van der Waals surface area contributed by atoms with Crippen LogP contribution in [0.25, 0.3) is 0 Å². The largest absolute Gasteiger partial charge is 0.361 e. The smallest absolute Gasteiger partial charge is 0.317 e. The van der Waals surface area contributed by atoms with E-state index < -0.39 is 0 Å². The van der Waals surface area contributed by atoms with E-state index in [4.69, 9.17) is 9.05 Å². The Morgan fingerprint density at radius 1 is 1.30 bits per heavy atom. The molecule has 4 rings (SSSR count). The summed E-state index contributed by atoms with van der Waals surface area (Å²) in [5.41, 5.74) is 2.01. The highest BCUT2D eigenvalue weighted by atomic mass is 32.1. The molecule has 1 aliphatic rings. The molecule has 0 spiro atoms. The number of amides is 2. The first kappa shape index (κ1) is 17.7. The number of nitrogens with zero attached hydrogens (tertiary/aromatic N) is 4. The number of aromatic nitrogens is 3. The Morgan fingerprint density at radius 3 is 3.04 bits per heavy atom. The van der Waals surface area contributed by atoms with Crippen molar-refractivity contribution < 1.29 is 13.8 Å². The number of carbonyl (C=O) groups is 1. The predicted octanol–water partition coefficient (Wildman–Crippen LogP) is 2.93. The van der Waals surface area contributed by atoms with Crippen molar-refractivity contribution in [2.75, 3.05) is 7.05 Å². The van der Waals surface area contributed by atoms with Gasteiger partial charge in [-0.2, -0.15) is 4.98 Å². The molecule has 0 saturated carbocycles. The highest BCUT2D eigenvalue weighted by molar-refractivity contribution is 7.09. The van der Waals surface area contributed by atoms with Gasteiger partial charge in [0.05, 0.1) is 13.1 Å². The number of carbonyl (C=O) groups excluding carboxylic acids is 1. The lowest BCUT2D eigenvalue weighted by atomic mass is 9.96. The summed E-state index contributed by atoms with van der Waals surface area (Å²) in [5, 5.41) is 12.9. The van der Waals surface area contributed by atoms with E-state index >= 15 is 0 Å². The molecule has 2 amide bonds. The highest BCUT2D eigenvalue weighted by Gasteiger charge is 2.21.